The van der Waals surface area contributed by atoms with E-state index >= 15 is 0 Å². The lowest BCUT2D eigenvalue weighted by Crippen LogP contribution is -2.48. The van der Waals surface area contributed by atoms with Crippen LogP contribution in [0.1, 0.15) is 46.0 Å². The van der Waals surface area contributed by atoms with Gasteiger partial charge in [-0.05, 0) is 45.4 Å². The van der Waals surface area contributed by atoms with Crippen LogP contribution in [0.25, 0.3) is 0 Å². The van der Waals surface area contributed by atoms with Crippen molar-refractivity contribution < 1.29 is 19.5 Å². The lowest BCUT2D eigenvalue weighted by molar-refractivity contribution is -0.139. The van der Waals surface area contributed by atoms with E-state index in [0.717, 1.165) is 6.42 Å². The minimum atomic E-state index is -1.29. The van der Waals surface area contributed by atoms with Crippen LogP contribution in [0.3, 0.4) is 0 Å². The van der Waals surface area contributed by atoms with Crippen molar-refractivity contribution in [1.29, 1.82) is 0 Å². The van der Waals surface area contributed by atoms with Gasteiger partial charge in [0, 0.05) is 17.9 Å². The molecule has 4 nitrogen and oxygen atoms in total. The van der Waals surface area contributed by atoms with Crippen molar-refractivity contribution in [3.05, 3.63) is 11.6 Å². The molecule has 0 radical (unpaired) electrons. The number of carbonyl (C=O) groups excluding carboxylic acids is 3. The molecule has 20 heavy (non-hydrogen) atoms. The van der Waals surface area contributed by atoms with Crippen LogP contribution in [0.15, 0.2) is 11.6 Å². The van der Waals surface area contributed by atoms with Gasteiger partial charge in [0.1, 0.15) is 17.2 Å². The number of hydrogen-bond donors (Lipinski definition) is 1. The Kier molecular flexibility index (Phi) is 2.81. The first-order chi connectivity index (χ1) is 9.32. The molecular weight excluding hydrogens is 256 g/mol. The molecule has 0 saturated heterocycles. The number of fused-ring (bicyclic) bond motifs is 1. The molecule has 1 N–H and O–H groups in total. The average molecular weight is 276 g/mol. The molecule has 0 amide bonds. The maximum atomic E-state index is 12.7. The largest absolute Gasteiger partial charge is 0.384 e. The van der Waals surface area contributed by atoms with Crippen LogP contribution in [-0.2, 0) is 14.4 Å². The predicted molar refractivity (Wildman–Crippen MR) is 71.9 cm³/mol. The van der Waals surface area contributed by atoms with E-state index < -0.39 is 11.0 Å². The third-order valence-electron chi connectivity index (χ3n) is 5.66. The third-order valence-corrected chi connectivity index (χ3v) is 5.66. The highest BCUT2D eigenvalue weighted by Gasteiger charge is 2.70. The molecule has 0 unspecified atom stereocenters. The van der Waals surface area contributed by atoms with E-state index in [1.807, 2.05) is 0 Å². The van der Waals surface area contributed by atoms with E-state index in [4.69, 9.17) is 0 Å². The third kappa shape index (κ3) is 1.48. The second kappa shape index (κ2) is 4.10. The van der Waals surface area contributed by atoms with Crippen molar-refractivity contribution in [3.8, 4) is 0 Å². The normalized spacial score (nSPS) is 42.4. The number of rotatable bonds is 3. The van der Waals surface area contributed by atoms with Gasteiger partial charge in [0.2, 0.25) is 0 Å². The van der Waals surface area contributed by atoms with E-state index in [9.17, 15) is 19.5 Å². The summed E-state index contributed by atoms with van der Waals surface area (Å²) < 4.78 is 0. The molecule has 0 aromatic heterocycles. The number of carbonyl (C=O) groups is 3. The molecule has 108 valence electrons. The SMILES string of the molecule is CC(=O)C[C@@H]1CC[C@]23CC=C(C(C)=O)[C@@]2(O)C[C@H]1C3=O. The minimum absolute atomic E-state index is 0.0356. The zero-order valence-corrected chi connectivity index (χ0v) is 11.9. The number of Topliss-reactive ketones (excluding diaryl/α,β-unsaturated/α-hetero) is 3. The first kappa shape index (κ1) is 13.7. The Balaban J connectivity index is 1.98. The van der Waals surface area contributed by atoms with Gasteiger partial charge in [-0.1, -0.05) is 6.08 Å². The predicted octanol–water partition coefficient (Wildman–Crippen LogP) is 1.60. The molecule has 0 aliphatic heterocycles. The van der Waals surface area contributed by atoms with Crippen LogP contribution < -0.4 is 0 Å². The van der Waals surface area contributed by atoms with Gasteiger partial charge in [-0.25, -0.2) is 0 Å². The molecule has 4 atom stereocenters. The minimum Gasteiger partial charge on any atom is -0.384 e. The first-order valence-corrected chi connectivity index (χ1v) is 7.29. The second-order valence-corrected chi connectivity index (χ2v) is 6.70. The lowest BCUT2D eigenvalue weighted by atomic mass is 9.65. The molecule has 3 rings (SSSR count). The van der Waals surface area contributed by atoms with Gasteiger partial charge in [0.15, 0.2) is 5.78 Å². The van der Waals surface area contributed by atoms with E-state index in [2.05, 4.69) is 0 Å². The van der Waals surface area contributed by atoms with Crippen molar-refractivity contribution in [1.82, 2.24) is 0 Å². The zero-order valence-electron chi connectivity index (χ0n) is 11.9. The number of aliphatic hydroxyl groups is 1. The Bertz CT molecular complexity index is 547. The van der Waals surface area contributed by atoms with Crippen LogP contribution in [0.4, 0.5) is 0 Å². The Hall–Kier alpha value is -1.29. The summed E-state index contributed by atoms with van der Waals surface area (Å²) in [6.07, 6.45) is 4.32. The van der Waals surface area contributed by atoms with Crippen LogP contribution in [0.2, 0.25) is 0 Å². The number of ketones is 3. The number of allylic oxidation sites excluding steroid dienone is 1. The van der Waals surface area contributed by atoms with Gasteiger partial charge in [-0.2, -0.15) is 0 Å². The summed E-state index contributed by atoms with van der Waals surface area (Å²) in [5.41, 5.74) is -1.66. The van der Waals surface area contributed by atoms with Gasteiger partial charge in [0.05, 0.1) is 5.41 Å². The maximum Gasteiger partial charge on any atom is 0.158 e. The highest BCUT2D eigenvalue weighted by Crippen LogP contribution is 2.64. The van der Waals surface area contributed by atoms with Gasteiger partial charge in [0.25, 0.3) is 0 Å². The highest BCUT2D eigenvalue weighted by molar-refractivity contribution is 6.03. The van der Waals surface area contributed by atoms with Crippen molar-refractivity contribution in [2.75, 3.05) is 0 Å². The maximum absolute atomic E-state index is 12.7. The molecule has 0 aromatic carbocycles. The van der Waals surface area contributed by atoms with Crippen molar-refractivity contribution >= 4 is 17.3 Å². The monoisotopic (exact) mass is 276 g/mol. The van der Waals surface area contributed by atoms with Crippen molar-refractivity contribution in [3.63, 3.8) is 0 Å². The fourth-order valence-electron chi connectivity index (χ4n) is 4.74. The molecular formula is C16H20O4. The molecule has 0 heterocycles. The fraction of sp³-hybridized carbons (Fsp3) is 0.688. The van der Waals surface area contributed by atoms with Crippen LogP contribution >= 0.6 is 0 Å². The molecule has 3 aliphatic carbocycles. The summed E-state index contributed by atoms with van der Waals surface area (Å²) in [6.45, 7) is 2.99. The molecule has 3 aliphatic rings. The van der Waals surface area contributed by atoms with Gasteiger partial charge in [-0.15, -0.1) is 0 Å². The Morgan fingerprint density at radius 1 is 1.40 bits per heavy atom. The summed E-state index contributed by atoms with van der Waals surface area (Å²) in [6, 6.07) is 0. The Morgan fingerprint density at radius 3 is 2.70 bits per heavy atom. The Morgan fingerprint density at radius 2 is 2.10 bits per heavy atom. The molecule has 4 heteroatoms. The molecule has 2 bridgehead atoms. The smallest absolute Gasteiger partial charge is 0.158 e. The molecule has 1 spiro atoms. The van der Waals surface area contributed by atoms with Crippen molar-refractivity contribution in [2.24, 2.45) is 17.3 Å². The van der Waals surface area contributed by atoms with Crippen LogP contribution in [0, 0.1) is 17.3 Å². The van der Waals surface area contributed by atoms with Crippen molar-refractivity contribution in [2.45, 2.75) is 51.6 Å². The van der Waals surface area contributed by atoms with Gasteiger partial charge >= 0.3 is 0 Å². The average Bonchev–Trinajstić information content (AvgIpc) is 2.69. The standard InChI is InChI=1S/C16H20O4/c1-9(17)7-11-3-5-15-6-4-13(10(2)18)16(15,20)8-12(11)14(15)19/h4,11-12,20H,3,5-8H2,1-2H3/t11-,12+,15+,16-/m0/s1. The first-order valence-electron chi connectivity index (χ1n) is 7.29. The summed E-state index contributed by atoms with van der Waals surface area (Å²) in [5, 5.41) is 11.0. The lowest BCUT2D eigenvalue weighted by Gasteiger charge is -2.39. The fourth-order valence-corrected chi connectivity index (χ4v) is 4.74. The quantitative estimate of drug-likeness (QED) is 0.850. The second-order valence-electron chi connectivity index (χ2n) is 6.70. The summed E-state index contributed by atoms with van der Waals surface area (Å²) in [7, 11) is 0. The van der Waals surface area contributed by atoms with E-state index in [1.165, 1.54) is 6.92 Å². The zero-order chi connectivity index (χ0) is 14.7. The summed E-state index contributed by atoms with van der Waals surface area (Å²) in [4.78, 5) is 35.8. The van der Waals surface area contributed by atoms with E-state index in [-0.39, 0.29) is 29.2 Å². The van der Waals surface area contributed by atoms with Gasteiger partial charge < -0.3 is 9.90 Å². The topological polar surface area (TPSA) is 71.4 Å². The summed E-state index contributed by atoms with van der Waals surface area (Å²) >= 11 is 0. The van der Waals surface area contributed by atoms with Crippen LogP contribution in [0.5, 0.6) is 0 Å². The highest BCUT2D eigenvalue weighted by atomic mass is 16.3. The number of hydrogen-bond acceptors (Lipinski definition) is 4. The van der Waals surface area contributed by atoms with Gasteiger partial charge in [-0.3, -0.25) is 9.59 Å². The molecule has 2 saturated carbocycles. The molecule has 0 aromatic rings. The van der Waals surface area contributed by atoms with E-state index in [1.54, 1.807) is 13.0 Å². The molecule has 2 fully saturated rings. The van der Waals surface area contributed by atoms with E-state index in [0.29, 0.717) is 31.3 Å². The van der Waals surface area contributed by atoms with Crippen LogP contribution in [-0.4, -0.2) is 28.1 Å². The Labute approximate surface area is 118 Å². The summed E-state index contributed by atoms with van der Waals surface area (Å²) in [5.74, 6) is -0.211.